The summed E-state index contributed by atoms with van der Waals surface area (Å²) in [7, 11) is 0. The molecule has 1 N–H and O–H groups in total. The molecule has 2 nitrogen and oxygen atoms in total. The highest BCUT2D eigenvalue weighted by molar-refractivity contribution is 5.73. The van der Waals surface area contributed by atoms with Crippen LogP contribution in [-0.2, 0) is 4.79 Å². The Morgan fingerprint density at radius 1 is 1.67 bits per heavy atom. The van der Waals surface area contributed by atoms with E-state index in [0.29, 0.717) is 0 Å². The minimum absolute atomic E-state index is 0.146. The third-order valence-corrected chi connectivity index (χ3v) is 1.48. The van der Waals surface area contributed by atoms with Crippen LogP contribution >= 0.6 is 0 Å². The standard InChI is InChI=1S/C5H6F2O2/c6-4(7)2-1-3(2)5(8)9/h2-4H,1H2,(H,8,9)/t2-,3-/m0/s1. The first-order chi connectivity index (χ1) is 4.13. The number of hydrogen-bond donors (Lipinski definition) is 1. The third kappa shape index (κ3) is 1.17. The van der Waals surface area contributed by atoms with Crippen molar-refractivity contribution in [1.82, 2.24) is 0 Å². The lowest BCUT2D eigenvalue weighted by Crippen LogP contribution is -2.04. The van der Waals surface area contributed by atoms with Gasteiger partial charge in [0.25, 0.3) is 0 Å². The molecule has 1 saturated carbocycles. The molecule has 0 spiro atoms. The van der Waals surface area contributed by atoms with E-state index in [1.165, 1.54) is 0 Å². The quantitative estimate of drug-likeness (QED) is 0.614. The minimum Gasteiger partial charge on any atom is -0.481 e. The highest BCUT2D eigenvalue weighted by atomic mass is 19.3. The molecule has 0 bridgehead atoms. The highest BCUT2D eigenvalue weighted by Crippen LogP contribution is 2.42. The Hall–Kier alpha value is -0.670. The molecule has 1 rings (SSSR count). The van der Waals surface area contributed by atoms with Crippen molar-refractivity contribution in [3.05, 3.63) is 0 Å². The Labute approximate surface area is 50.5 Å². The van der Waals surface area contributed by atoms with E-state index in [1.807, 2.05) is 0 Å². The molecule has 9 heavy (non-hydrogen) atoms. The number of aliphatic carboxylic acids is 1. The van der Waals surface area contributed by atoms with Crippen LogP contribution in [0.1, 0.15) is 6.42 Å². The number of carboxylic acids is 1. The van der Waals surface area contributed by atoms with Gasteiger partial charge in [-0.15, -0.1) is 0 Å². The van der Waals surface area contributed by atoms with Gasteiger partial charge in [0.2, 0.25) is 6.43 Å². The van der Waals surface area contributed by atoms with Gasteiger partial charge in [0.15, 0.2) is 0 Å². The lowest BCUT2D eigenvalue weighted by Gasteiger charge is -1.90. The van der Waals surface area contributed by atoms with E-state index >= 15 is 0 Å². The smallest absolute Gasteiger partial charge is 0.307 e. The number of halogens is 2. The molecule has 0 aromatic carbocycles. The van der Waals surface area contributed by atoms with E-state index in [4.69, 9.17) is 5.11 Å². The Balaban J connectivity index is 2.33. The summed E-state index contributed by atoms with van der Waals surface area (Å²) in [6.45, 7) is 0. The Morgan fingerprint density at radius 3 is 2.33 bits per heavy atom. The van der Waals surface area contributed by atoms with Gasteiger partial charge >= 0.3 is 5.97 Å². The zero-order chi connectivity index (χ0) is 7.02. The van der Waals surface area contributed by atoms with Crippen LogP contribution in [-0.4, -0.2) is 17.5 Å². The average molecular weight is 136 g/mol. The van der Waals surface area contributed by atoms with Crippen molar-refractivity contribution < 1.29 is 18.7 Å². The summed E-state index contributed by atoms with van der Waals surface area (Å²) < 4.78 is 23.1. The third-order valence-electron chi connectivity index (χ3n) is 1.48. The van der Waals surface area contributed by atoms with Crippen LogP contribution in [0.25, 0.3) is 0 Å². The van der Waals surface area contributed by atoms with Gasteiger partial charge in [-0.1, -0.05) is 0 Å². The number of carboxylic acid groups (broad SMARTS) is 1. The minimum atomic E-state index is -2.45. The summed E-state index contributed by atoms with van der Waals surface area (Å²) >= 11 is 0. The van der Waals surface area contributed by atoms with E-state index in [1.54, 1.807) is 0 Å². The molecular formula is C5H6F2O2. The van der Waals surface area contributed by atoms with Crippen LogP contribution in [0.3, 0.4) is 0 Å². The maximum atomic E-state index is 11.6. The van der Waals surface area contributed by atoms with E-state index in [0.717, 1.165) is 0 Å². The first kappa shape index (κ1) is 6.45. The van der Waals surface area contributed by atoms with Crippen LogP contribution < -0.4 is 0 Å². The summed E-state index contributed by atoms with van der Waals surface area (Å²) in [5.74, 6) is -2.74. The van der Waals surface area contributed by atoms with Crippen molar-refractivity contribution in [3.63, 3.8) is 0 Å². The monoisotopic (exact) mass is 136 g/mol. The second-order valence-corrected chi connectivity index (χ2v) is 2.18. The van der Waals surface area contributed by atoms with Crippen LogP contribution in [0, 0.1) is 11.8 Å². The number of alkyl halides is 2. The predicted molar refractivity (Wildman–Crippen MR) is 25.2 cm³/mol. The van der Waals surface area contributed by atoms with Crippen molar-refractivity contribution >= 4 is 5.97 Å². The van der Waals surface area contributed by atoms with E-state index in [-0.39, 0.29) is 6.42 Å². The van der Waals surface area contributed by atoms with Gasteiger partial charge < -0.3 is 5.11 Å². The fraction of sp³-hybridized carbons (Fsp3) is 0.800. The molecule has 0 heterocycles. The molecule has 4 heteroatoms. The van der Waals surface area contributed by atoms with E-state index in [9.17, 15) is 13.6 Å². The second kappa shape index (κ2) is 1.93. The van der Waals surface area contributed by atoms with Crippen molar-refractivity contribution in [1.29, 1.82) is 0 Å². The molecule has 0 amide bonds. The van der Waals surface area contributed by atoms with Crippen molar-refractivity contribution in [2.45, 2.75) is 12.8 Å². The van der Waals surface area contributed by atoms with Crippen molar-refractivity contribution in [2.75, 3.05) is 0 Å². The number of carbonyl (C=O) groups is 1. The van der Waals surface area contributed by atoms with Gasteiger partial charge in [0, 0.05) is 5.92 Å². The molecule has 1 aliphatic rings. The Bertz CT molecular complexity index is 135. The molecule has 1 fully saturated rings. The average Bonchev–Trinajstić information content (AvgIpc) is 2.39. The summed E-state index contributed by atoms with van der Waals surface area (Å²) in [6.07, 6.45) is -2.31. The van der Waals surface area contributed by atoms with Gasteiger partial charge in [-0.2, -0.15) is 0 Å². The zero-order valence-corrected chi connectivity index (χ0v) is 4.55. The maximum absolute atomic E-state index is 11.6. The molecule has 0 aromatic rings. The molecule has 0 radical (unpaired) electrons. The highest BCUT2D eigenvalue weighted by Gasteiger charge is 2.49. The molecule has 2 atom stereocenters. The summed E-state index contributed by atoms with van der Waals surface area (Å²) in [5, 5.41) is 8.14. The molecule has 0 unspecified atom stereocenters. The van der Waals surface area contributed by atoms with E-state index in [2.05, 4.69) is 0 Å². The van der Waals surface area contributed by atoms with Crippen molar-refractivity contribution in [2.24, 2.45) is 11.8 Å². The normalized spacial score (nSPS) is 32.8. The lowest BCUT2D eigenvalue weighted by atomic mass is 10.3. The van der Waals surface area contributed by atoms with Crippen molar-refractivity contribution in [3.8, 4) is 0 Å². The maximum Gasteiger partial charge on any atom is 0.307 e. The lowest BCUT2D eigenvalue weighted by molar-refractivity contribution is -0.139. The molecular weight excluding hydrogens is 130 g/mol. The van der Waals surface area contributed by atoms with Crippen LogP contribution in [0.5, 0.6) is 0 Å². The number of hydrogen-bond acceptors (Lipinski definition) is 1. The summed E-state index contributed by atoms with van der Waals surface area (Å²) in [4.78, 5) is 9.94. The van der Waals surface area contributed by atoms with Gasteiger partial charge in [-0.05, 0) is 6.42 Å². The number of rotatable bonds is 2. The molecule has 0 aromatic heterocycles. The summed E-state index contributed by atoms with van der Waals surface area (Å²) in [6, 6.07) is 0. The SMILES string of the molecule is O=C(O)[C@H]1C[C@@H]1C(F)F. The fourth-order valence-corrected chi connectivity index (χ4v) is 0.777. The van der Waals surface area contributed by atoms with Crippen LogP contribution in [0.2, 0.25) is 0 Å². The van der Waals surface area contributed by atoms with Crippen LogP contribution in [0.4, 0.5) is 8.78 Å². The Kier molecular flexibility index (Phi) is 1.38. The Morgan fingerprint density at radius 2 is 2.22 bits per heavy atom. The van der Waals surface area contributed by atoms with E-state index < -0.39 is 24.2 Å². The first-order valence-corrected chi connectivity index (χ1v) is 2.64. The van der Waals surface area contributed by atoms with Gasteiger partial charge in [0.1, 0.15) is 0 Å². The zero-order valence-electron chi connectivity index (χ0n) is 4.55. The fourth-order valence-electron chi connectivity index (χ4n) is 0.777. The topological polar surface area (TPSA) is 37.3 Å². The second-order valence-electron chi connectivity index (χ2n) is 2.18. The molecule has 52 valence electrons. The molecule has 0 aliphatic heterocycles. The summed E-state index contributed by atoms with van der Waals surface area (Å²) in [5.41, 5.74) is 0. The first-order valence-electron chi connectivity index (χ1n) is 2.64. The predicted octanol–water partition coefficient (Wildman–Crippen LogP) is 0.972. The van der Waals surface area contributed by atoms with Gasteiger partial charge in [-0.25, -0.2) is 8.78 Å². The van der Waals surface area contributed by atoms with Crippen LogP contribution in [0.15, 0.2) is 0 Å². The van der Waals surface area contributed by atoms with Gasteiger partial charge in [-0.3, -0.25) is 4.79 Å². The molecule has 1 aliphatic carbocycles. The van der Waals surface area contributed by atoms with Gasteiger partial charge in [0.05, 0.1) is 5.92 Å². The largest absolute Gasteiger partial charge is 0.481 e. The molecule has 0 saturated heterocycles.